The molecule has 1 saturated heterocycles. The van der Waals surface area contributed by atoms with Gasteiger partial charge in [0.05, 0.1) is 0 Å². The minimum Gasteiger partial charge on any atom is -0.340 e. The van der Waals surface area contributed by atoms with Crippen LogP contribution < -0.4 is 10.2 Å². The fraction of sp³-hybridized carbons (Fsp3) is 0.429. The summed E-state index contributed by atoms with van der Waals surface area (Å²) in [7, 11) is 0. The predicted molar refractivity (Wildman–Crippen MR) is 70.3 cm³/mol. The molecular formula is C14H17FN2O2. The molecule has 1 aliphatic heterocycles. The molecule has 1 N–H and O–H groups in total. The third kappa shape index (κ3) is 2.32. The van der Waals surface area contributed by atoms with E-state index in [-0.39, 0.29) is 24.2 Å². The number of nitrogens with one attached hydrogen (secondary N) is 1. The van der Waals surface area contributed by atoms with Crippen molar-refractivity contribution in [1.29, 1.82) is 0 Å². The van der Waals surface area contributed by atoms with E-state index in [1.165, 1.54) is 17.0 Å². The van der Waals surface area contributed by atoms with Crippen molar-refractivity contribution < 1.29 is 14.0 Å². The maximum atomic E-state index is 13.3. The summed E-state index contributed by atoms with van der Waals surface area (Å²) in [6.07, 6.45) is 0.508. The third-order valence-electron chi connectivity index (χ3n) is 3.59. The van der Waals surface area contributed by atoms with Crippen LogP contribution in [-0.4, -0.2) is 23.9 Å². The molecule has 0 aromatic heterocycles. The summed E-state index contributed by atoms with van der Waals surface area (Å²) >= 11 is 0. The van der Waals surface area contributed by atoms with Gasteiger partial charge in [0.2, 0.25) is 5.91 Å². The highest BCUT2D eigenvalue weighted by molar-refractivity contribution is 6.08. The number of piperazine rings is 1. The van der Waals surface area contributed by atoms with Crippen LogP contribution in [0, 0.1) is 12.7 Å². The van der Waals surface area contributed by atoms with Crippen LogP contribution in [0.2, 0.25) is 0 Å². The number of carbonyl (C=O) groups is 2. The zero-order valence-corrected chi connectivity index (χ0v) is 11.3. The molecule has 1 unspecified atom stereocenters. The molecule has 1 aromatic carbocycles. The van der Waals surface area contributed by atoms with Crippen molar-refractivity contribution in [2.45, 2.75) is 32.7 Å². The van der Waals surface area contributed by atoms with Gasteiger partial charge in [-0.3, -0.25) is 9.59 Å². The van der Waals surface area contributed by atoms with Crippen molar-refractivity contribution in [3.05, 3.63) is 29.6 Å². The Labute approximate surface area is 111 Å². The Kier molecular flexibility index (Phi) is 3.30. The Morgan fingerprint density at radius 1 is 1.42 bits per heavy atom. The molecule has 1 atom stereocenters. The Morgan fingerprint density at radius 2 is 2.11 bits per heavy atom. The monoisotopic (exact) mass is 264 g/mol. The quantitative estimate of drug-likeness (QED) is 0.885. The largest absolute Gasteiger partial charge is 0.340 e. The lowest BCUT2D eigenvalue weighted by atomic mass is 9.94. The van der Waals surface area contributed by atoms with E-state index in [0.29, 0.717) is 17.7 Å². The highest BCUT2D eigenvalue weighted by atomic mass is 19.1. The molecule has 0 spiro atoms. The van der Waals surface area contributed by atoms with Crippen molar-refractivity contribution in [1.82, 2.24) is 5.32 Å². The van der Waals surface area contributed by atoms with E-state index in [0.717, 1.165) is 0 Å². The molecule has 0 bridgehead atoms. The summed E-state index contributed by atoms with van der Waals surface area (Å²) in [5, 5.41) is 2.71. The van der Waals surface area contributed by atoms with Crippen LogP contribution in [0.3, 0.4) is 0 Å². The highest BCUT2D eigenvalue weighted by Crippen LogP contribution is 2.25. The van der Waals surface area contributed by atoms with E-state index in [2.05, 4.69) is 5.32 Å². The van der Waals surface area contributed by atoms with Crippen LogP contribution in [0.15, 0.2) is 18.2 Å². The smallest absolute Gasteiger partial charge is 0.252 e. The SMILES string of the molecule is CCC1(C)NC(=O)CN(c2ccc(F)c(C)c2)C1=O. The molecule has 0 saturated carbocycles. The second-order valence-electron chi connectivity index (χ2n) is 5.06. The number of anilines is 1. The van der Waals surface area contributed by atoms with Gasteiger partial charge in [-0.05, 0) is 44.0 Å². The van der Waals surface area contributed by atoms with Gasteiger partial charge in [-0.25, -0.2) is 4.39 Å². The minimum absolute atomic E-state index is 0.0283. The first-order valence-corrected chi connectivity index (χ1v) is 6.26. The Balaban J connectivity index is 2.40. The zero-order valence-electron chi connectivity index (χ0n) is 11.3. The molecule has 1 heterocycles. The lowest BCUT2D eigenvalue weighted by Gasteiger charge is -2.39. The Hall–Kier alpha value is -1.91. The van der Waals surface area contributed by atoms with Gasteiger partial charge in [0.1, 0.15) is 17.9 Å². The molecule has 0 radical (unpaired) electrons. The number of halogens is 1. The normalized spacial score (nSPS) is 23.5. The molecule has 4 nitrogen and oxygen atoms in total. The molecule has 1 aliphatic rings. The molecule has 1 fully saturated rings. The summed E-state index contributed by atoms with van der Waals surface area (Å²) in [4.78, 5) is 25.6. The van der Waals surface area contributed by atoms with E-state index in [9.17, 15) is 14.0 Å². The van der Waals surface area contributed by atoms with Gasteiger partial charge in [0, 0.05) is 5.69 Å². The molecule has 2 amide bonds. The van der Waals surface area contributed by atoms with Gasteiger partial charge in [-0.1, -0.05) is 6.92 Å². The second-order valence-corrected chi connectivity index (χ2v) is 5.06. The van der Waals surface area contributed by atoms with Crippen molar-refractivity contribution in [2.24, 2.45) is 0 Å². The third-order valence-corrected chi connectivity index (χ3v) is 3.59. The van der Waals surface area contributed by atoms with Crippen LogP contribution in [0.1, 0.15) is 25.8 Å². The van der Waals surface area contributed by atoms with Gasteiger partial charge in [0.25, 0.3) is 5.91 Å². The molecule has 1 aromatic rings. The summed E-state index contributed by atoms with van der Waals surface area (Å²) in [6, 6.07) is 4.42. The van der Waals surface area contributed by atoms with E-state index in [4.69, 9.17) is 0 Å². The van der Waals surface area contributed by atoms with Gasteiger partial charge in [-0.2, -0.15) is 0 Å². The van der Waals surface area contributed by atoms with E-state index in [1.54, 1.807) is 19.9 Å². The van der Waals surface area contributed by atoms with E-state index < -0.39 is 5.54 Å². The first kappa shape index (κ1) is 13.5. The average Bonchev–Trinajstić information content (AvgIpc) is 2.37. The maximum Gasteiger partial charge on any atom is 0.252 e. The van der Waals surface area contributed by atoms with Crippen LogP contribution in [0.5, 0.6) is 0 Å². The molecule has 5 heteroatoms. The number of hydrogen-bond acceptors (Lipinski definition) is 2. The summed E-state index contributed by atoms with van der Waals surface area (Å²) in [5.41, 5.74) is 0.116. The van der Waals surface area contributed by atoms with Gasteiger partial charge < -0.3 is 10.2 Å². The second kappa shape index (κ2) is 4.64. The zero-order chi connectivity index (χ0) is 14.2. The number of aryl methyl sites for hydroxylation is 1. The summed E-state index contributed by atoms with van der Waals surface area (Å²) in [6.45, 7) is 5.15. The Bertz CT molecular complexity index is 544. The van der Waals surface area contributed by atoms with Crippen molar-refractivity contribution >= 4 is 17.5 Å². The van der Waals surface area contributed by atoms with Crippen molar-refractivity contribution in [3.63, 3.8) is 0 Å². The molecule has 0 aliphatic carbocycles. The average molecular weight is 264 g/mol. The number of amides is 2. The van der Waals surface area contributed by atoms with Gasteiger partial charge in [-0.15, -0.1) is 0 Å². The Morgan fingerprint density at radius 3 is 2.68 bits per heavy atom. The summed E-state index contributed by atoms with van der Waals surface area (Å²) < 4.78 is 13.3. The van der Waals surface area contributed by atoms with Gasteiger partial charge in [0.15, 0.2) is 0 Å². The number of nitrogens with zero attached hydrogens (tertiary/aromatic N) is 1. The topological polar surface area (TPSA) is 49.4 Å². The summed E-state index contributed by atoms with van der Waals surface area (Å²) in [5.74, 6) is -0.692. The first-order valence-electron chi connectivity index (χ1n) is 6.26. The maximum absolute atomic E-state index is 13.3. The number of rotatable bonds is 2. The molecule has 19 heavy (non-hydrogen) atoms. The van der Waals surface area contributed by atoms with Crippen LogP contribution in [0.4, 0.5) is 10.1 Å². The standard InChI is InChI=1S/C14H17FN2O2/c1-4-14(3)13(19)17(8-12(18)16-14)10-5-6-11(15)9(2)7-10/h5-7H,4,8H2,1-3H3,(H,16,18). The number of hydrogen-bond donors (Lipinski definition) is 1. The van der Waals surface area contributed by atoms with Crippen LogP contribution in [-0.2, 0) is 9.59 Å². The first-order chi connectivity index (χ1) is 8.87. The lowest BCUT2D eigenvalue weighted by Crippen LogP contribution is -2.65. The molecule has 2 rings (SSSR count). The van der Waals surface area contributed by atoms with E-state index in [1.807, 2.05) is 6.92 Å². The number of carbonyl (C=O) groups excluding carboxylic acids is 2. The highest BCUT2D eigenvalue weighted by Gasteiger charge is 2.42. The van der Waals surface area contributed by atoms with Crippen molar-refractivity contribution in [3.8, 4) is 0 Å². The fourth-order valence-electron chi connectivity index (χ4n) is 2.16. The molecule has 102 valence electrons. The van der Waals surface area contributed by atoms with Crippen LogP contribution in [0.25, 0.3) is 0 Å². The fourth-order valence-corrected chi connectivity index (χ4v) is 2.16. The number of benzene rings is 1. The minimum atomic E-state index is -0.891. The van der Waals surface area contributed by atoms with Crippen LogP contribution >= 0.6 is 0 Å². The van der Waals surface area contributed by atoms with Crippen molar-refractivity contribution in [2.75, 3.05) is 11.4 Å². The lowest BCUT2D eigenvalue weighted by molar-refractivity contribution is -0.135. The molecular weight excluding hydrogens is 247 g/mol. The predicted octanol–water partition coefficient (Wildman–Crippen LogP) is 1.77. The van der Waals surface area contributed by atoms with Gasteiger partial charge >= 0.3 is 0 Å². The van der Waals surface area contributed by atoms with E-state index >= 15 is 0 Å².